The summed E-state index contributed by atoms with van der Waals surface area (Å²) >= 11 is 0. The number of rotatable bonds is 6. The maximum atomic E-state index is 12.6. The van der Waals surface area contributed by atoms with Crippen LogP contribution in [-0.4, -0.2) is 31.8 Å². The van der Waals surface area contributed by atoms with Crippen molar-refractivity contribution in [1.29, 1.82) is 0 Å². The van der Waals surface area contributed by atoms with Crippen molar-refractivity contribution in [1.82, 2.24) is 5.32 Å². The average molecular weight is 370 g/mol. The number of amides is 1. The van der Waals surface area contributed by atoms with Gasteiger partial charge in [-0.25, -0.2) is 0 Å². The maximum absolute atomic E-state index is 12.6. The third-order valence-corrected chi connectivity index (χ3v) is 5.14. The molecule has 3 aromatic carbocycles. The molecule has 140 valence electrons. The molecule has 3 aromatic rings. The lowest BCUT2D eigenvalue weighted by atomic mass is 10.0. The molecule has 0 aliphatic heterocycles. The van der Waals surface area contributed by atoms with Gasteiger partial charge in [-0.2, -0.15) is 0 Å². The molecular weight excluding hydrogens is 348 g/mol. The van der Waals surface area contributed by atoms with Crippen molar-refractivity contribution in [2.75, 3.05) is 25.0 Å². The van der Waals surface area contributed by atoms with E-state index in [-0.39, 0.29) is 11.7 Å². The monoisotopic (exact) mass is 370 g/mol. The van der Waals surface area contributed by atoms with Crippen LogP contribution in [-0.2, 0) is 0 Å². The van der Waals surface area contributed by atoms with Crippen LogP contribution in [0.5, 0.6) is 0 Å². The van der Waals surface area contributed by atoms with E-state index < -0.39 is 0 Å². The van der Waals surface area contributed by atoms with Crippen molar-refractivity contribution >= 4 is 17.4 Å². The number of carbonyl (C=O) groups excluding carboxylic acids is 2. The second-order valence-electron chi connectivity index (χ2n) is 7.00. The molecule has 1 amide bonds. The summed E-state index contributed by atoms with van der Waals surface area (Å²) in [6.45, 7) is 1.43. The molecule has 0 saturated carbocycles. The Morgan fingerprint density at radius 2 is 1.54 bits per heavy atom. The maximum Gasteiger partial charge on any atom is 0.251 e. The van der Waals surface area contributed by atoms with Gasteiger partial charge in [0.2, 0.25) is 0 Å². The van der Waals surface area contributed by atoms with Gasteiger partial charge in [0.05, 0.1) is 0 Å². The first-order chi connectivity index (χ1) is 13.6. The standard InChI is InChI=1S/C24H22N2O2/c1-26(18-8-3-2-4-9-18)15-7-14-25-24(28)17-12-13-20-19-10-5-6-11-21(19)23(27)22(20)16-17/h2-6,8-13,16H,7,14-15H2,1H3,(H,25,28). The van der Waals surface area contributed by atoms with Crippen LogP contribution < -0.4 is 10.2 Å². The van der Waals surface area contributed by atoms with E-state index in [2.05, 4.69) is 22.3 Å². The van der Waals surface area contributed by atoms with E-state index in [9.17, 15) is 9.59 Å². The summed E-state index contributed by atoms with van der Waals surface area (Å²) in [5.74, 6) is -0.154. The van der Waals surface area contributed by atoms with Gasteiger partial charge in [0.15, 0.2) is 5.78 Å². The van der Waals surface area contributed by atoms with Crippen LogP contribution in [0.4, 0.5) is 5.69 Å². The Morgan fingerprint density at radius 1 is 0.857 bits per heavy atom. The van der Waals surface area contributed by atoms with Crippen molar-refractivity contribution in [2.45, 2.75) is 6.42 Å². The number of fused-ring (bicyclic) bond motifs is 3. The normalized spacial score (nSPS) is 11.7. The number of ketones is 1. The first-order valence-corrected chi connectivity index (χ1v) is 9.47. The SMILES string of the molecule is CN(CCCNC(=O)c1ccc2c(c1)C(=O)c1ccccc1-2)c1ccccc1. The summed E-state index contributed by atoms with van der Waals surface area (Å²) in [6, 6.07) is 23.1. The lowest BCUT2D eigenvalue weighted by molar-refractivity contribution is 0.0953. The highest BCUT2D eigenvalue weighted by molar-refractivity contribution is 6.22. The highest BCUT2D eigenvalue weighted by Gasteiger charge is 2.26. The third-order valence-electron chi connectivity index (χ3n) is 5.14. The van der Waals surface area contributed by atoms with Crippen LogP contribution in [0.1, 0.15) is 32.7 Å². The largest absolute Gasteiger partial charge is 0.375 e. The molecule has 0 aromatic heterocycles. The van der Waals surface area contributed by atoms with Gasteiger partial charge in [-0.05, 0) is 41.8 Å². The Morgan fingerprint density at radius 3 is 2.32 bits per heavy atom. The van der Waals surface area contributed by atoms with Crippen molar-refractivity contribution in [3.8, 4) is 11.1 Å². The van der Waals surface area contributed by atoms with E-state index in [1.807, 2.05) is 55.6 Å². The lowest BCUT2D eigenvalue weighted by Gasteiger charge is -2.19. The van der Waals surface area contributed by atoms with Gasteiger partial charge in [-0.15, -0.1) is 0 Å². The molecular formula is C24H22N2O2. The minimum atomic E-state index is -0.145. The van der Waals surface area contributed by atoms with Crippen LogP contribution in [0.25, 0.3) is 11.1 Å². The third kappa shape index (κ3) is 3.41. The van der Waals surface area contributed by atoms with E-state index in [0.717, 1.165) is 29.8 Å². The summed E-state index contributed by atoms with van der Waals surface area (Å²) in [7, 11) is 2.04. The Balaban J connectivity index is 1.36. The molecule has 0 fully saturated rings. The minimum absolute atomic E-state index is 0.00950. The number of nitrogens with zero attached hydrogens (tertiary/aromatic N) is 1. The first kappa shape index (κ1) is 18.0. The van der Waals surface area contributed by atoms with Gasteiger partial charge < -0.3 is 10.2 Å². The summed E-state index contributed by atoms with van der Waals surface area (Å²) in [5.41, 5.74) is 4.85. The smallest absolute Gasteiger partial charge is 0.251 e. The van der Waals surface area contributed by atoms with Crippen LogP contribution in [0.3, 0.4) is 0 Å². The fraction of sp³-hybridized carbons (Fsp3) is 0.167. The zero-order valence-corrected chi connectivity index (χ0v) is 15.8. The van der Waals surface area contributed by atoms with E-state index in [4.69, 9.17) is 0 Å². The van der Waals surface area contributed by atoms with E-state index in [1.54, 1.807) is 12.1 Å². The molecule has 28 heavy (non-hydrogen) atoms. The molecule has 0 spiro atoms. The van der Waals surface area contributed by atoms with Gasteiger partial charge in [0.1, 0.15) is 0 Å². The molecule has 0 atom stereocenters. The number of nitrogens with one attached hydrogen (secondary N) is 1. The molecule has 0 bridgehead atoms. The summed E-state index contributed by atoms with van der Waals surface area (Å²) in [4.78, 5) is 27.3. The van der Waals surface area contributed by atoms with Gasteiger partial charge in [0, 0.05) is 42.5 Å². The van der Waals surface area contributed by atoms with Gasteiger partial charge in [0.25, 0.3) is 5.91 Å². The number of anilines is 1. The van der Waals surface area contributed by atoms with E-state index >= 15 is 0 Å². The van der Waals surface area contributed by atoms with Crippen molar-refractivity contribution in [3.05, 3.63) is 89.5 Å². The van der Waals surface area contributed by atoms with Gasteiger partial charge >= 0.3 is 0 Å². The second-order valence-corrected chi connectivity index (χ2v) is 7.00. The van der Waals surface area contributed by atoms with Crippen LogP contribution in [0.2, 0.25) is 0 Å². The fourth-order valence-electron chi connectivity index (χ4n) is 3.60. The Hall–Kier alpha value is -3.40. The number of carbonyl (C=O) groups is 2. The van der Waals surface area contributed by atoms with Crippen LogP contribution in [0, 0.1) is 0 Å². The number of hydrogen-bond donors (Lipinski definition) is 1. The van der Waals surface area contributed by atoms with Crippen molar-refractivity contribution in [2.24, 2.45) is 0 Å². The summed E-state index contributed by atoms with van der Waals surface area (Å²) < 4.78 is 0. The predicted molar refractivity (Wildman–Crippen MR) is 112 cm³/mol. The topological polar surface area (TPSA) is 49.4 Å². The van der Waals surface area contributed by atoms with Gasteiger partial charge in [-0.1, -0.05) is 48.5 Å². The zero-order valence-electron chi connectivity index (χ0n) is 15.8. The first-order valence-electron chi connectivity index (χ1n) is 9.47. The number of benzene rings is 3. The molecule has 1 aliphatic rings. The molecule has 1 aliphatic carbocycles. The Kier molecular flexibility index (Phi) is 4.94. The summed E-state index contributed by atoms with van der Waals surface area (Å²) in [5, 5.41) is 2.96. The molecule has 4 rings (SSSR count). The molecule has 0 unspecified atom stereocenters. The number of para-hydroxylation sites is 1. The van der Waals surface area contributed by atoms with Crippen molar-refractivity contribution in [3.63, 3.8) is 0 Å². The van der Waals surface area contributed by atoms with Gasteiger partial charge in [-0.3, -0.25) is 9.59 Å². The van der Waals surface area contributed by atoms with E-state index in [0.29, 0.717) is 23.2 Å². The number of hydrogen-bond acceptors (Lipinski definition) is 3. The van der Waals surface area contributed by atoms with Crippen molar-refractivity contribution < 1.29 is 9.59 Å². The van der Waals surface area contributed by atoms with Crippen LogP contribution in [0.15, 0.2) is 72.8 Å². The molecule has 0 saturated heterocycles. The lowest BCUT2D eigenvalue weighted by Crippen LogP contribution is -2.28. The molecule has 4 heteroatoms. The molecule has 1 N–H and O–H groups in total. The summed E-state index contributed by atoms with van der Waals surface area (Å²) in [6.07, 6.45) is 0.840. The average Bonchev–Trinajstić information content (AvgIpc) is 3.03. The Bertz CT molecular complexity index is 1030. The predicted octanol–water partition coefficient (Wildman–Crippen LogP) is 4.15. The van der Waals surface area contributed by atoms with E-state index in [1.165, 1.54) is 0 Å². The minimum Gasteiger partial charge on any atom is -0.375 e. The highest BCUT2D eigenvalue weighted by atomic mass is 16.1. The fourth-order valence-corrected chi connectivity index (χ4v) is 3.60. The highest BCUT2D eigenvalue weighted by Crippen LogP contribution is 2.36. The molecule has 0 heterocycles. The Labute approximate surface area is 164 Å². The second kappa shape index (κ2) is 7.69. The quantitative estimate of drug-likeness (QED) is 0.519. The molecule has 4 nitrogen and oxygen atoms in total. The zero-order chi connectivity index (χ0) is 19.5. The molecule has 0 radical (unpaired) electrons. The van der Waals surface area contributed by atoms with Crippen LogP contribution >= 0.6 is 0 Å².